The highest BCUT2D eigenvalue weighted by atomic mass is 35.5. The Hall–Kier alpha value is -2.05. The molecule has 1 N–H and O–H groups in total. The van der Waals surface area contributed by atoms with Crippen molar-refractivity contribution in [2.24, 2.45) is 0 Å². The quantitative estimate of drug-likeness (QED) is 0.819. The van der Waals surface area contributed by atoms with E-state index in [1.165, 1.54) is 11.6 Å². The van der Waals surface area contributed by atoms with Crippen molar-refractivity contribution in [1.82, 2.24) is 9.78 Å². The molecule has 24 heavy (non-hydrogen) atoms. The van der Waals surface area contributed by atoms with E-state index in [2.05, 4.69) is 10.4 Å². The van der Waals surface area contributed by atoms with Crippen LogP contribution in [0.3, 0.4) is 0 Å². The standard InChI is InChI=1S/C16H17Cl2N3O3/c1-9-7-10(2)21(20-9)8-14(22)24-11(3)16(23)19-13-6-4-5-12(17)15(13)18/h4-7,11H,8H2,1-3H3,(H,19,23). The SMILES string of the molecule is Cc1cc(C)n(CC(=O)OC(C)C(=O)Nc2cccc(Cl)c2Cl)n1. The number of hydrogen-bond acceptors (Lipinski definition) is 4. The Labute approximate surface area is 149 Å². The molecule has 1 aromatic carbocycles. The average Bonchev–Trinajstić information content (AvgIpc) is 2.81. The molecule has 128 valence electrons. The van der Waals surface area contributed by atoms with Crippen LogP contribution >= 0.6 is 23.2 Å². The minimum Gasteiger partial charge on any atom is -0.451 e. The van der Waals surface area contributed by atoms with E-state index < -0.39 is 18.0 Å². The predicted octanol–water partition coefficient (Wildman–Crippen LogP) is 3.38. The van der Waals surface area contributed by atoms with E-state index in [0.717, 1.165) is 11.4 Å². The van der Waals surface area contributed by atoms with Gasteiger partial charge in [-0.15, -0.1) is 0 Å². The van der Waals surface area contributed by atoms with E-state index in [1.54, 1.807) is 18.2 Å². The Morgan fingerprint density at radius 1 is 1.33 bits per heavy atom. The Bertz CT molecular complexity index is 774. The molecule has 0 fully saturated rings. The van der Waals surface area contributed by atoms with Gasteiger partial charge >= 0.3 is 5.97 Å². The van der Waals surface area contributed by atoms with Crippen molar-refractivity contribution in [3.8, 4) is 0 Å². The number of benzene rings is 1. The lowest BCUT2D eigenvalue weighted by Crippen LogP contribution is -2.31. The maximum atomic E-state index is 12.1. The van der Waals surface area contributed by atoms with Crippen LogP contribution in [0.2, 0.25) is 10.0 Å². The monoisotopic (exact) mass is 369 g/mol. The second-order valence-electron chi connectivity index (χ2n) is 5.31. The van der Waals surface area contributed by atoms with Crippen molar-refractivity contribution in [3.63, 3.8) is 0 Å². The third-order valence-electron chi connectivity index (χ3n) is 3.27. The van der Waals surface area contributed by atoms with Gasteiger partial charge in [-0.3, -0.25) is 14.3 Å². The van der Waals surface area contributed by atoms with Gasteiger partial charge in [-0.1, -0.05) is 29.3 Å². The lowest BCUT2D eigenvalue weighted by atomic mass is 10.3. The fourth-order valence-electron chi connectivity index (χ4n) is 2.08. The van der Waals surface area contributed by atoms with Crippen LogP contribution in [-0.4, -0.2) is 27.8 Å². The van der Waals surface area contributed by atoms with Gasteiger partial charge in [0.1, 0.15) is 6.54 Å². The largest absolute Gasteiger partial charge is 0.451 e. The number of nitrogens with one attached hydrogen (secondary N) is 1. The first-order valence-corrected chi connectivity index (χ1v) is 7.99. The molecule has 1 atom stereocenters. The van der Waals surface area contributed by atoms with Gasteiger partial charge < -0.3 is 10.1 Å². The summed E-state index contributed by atoms with van der Waals surface area (Å²) < 4.78 is 6.66. The second kappa shape index (κ2) is 7.68. The molecule has 0 saturated carbocycles. The van der Waals surface area contributed by atoms with Crippen LogP contribution in [0, 0.1) is 13.8 Å². The number of halogens is 2. The lowest BCUT2D eigenvalue weighted by Gasteiger charge is -2.15. The molecule has 1 heterocycles. The molecule has 0 aliphatic carbocycles. The minimum atomic E-state index is -0.982. The van der Waals surface area contributed by atoms with E-state index in [1.807, 2.05) is 19.9 Å². The zero-order chi connectivity index (χ0) is 17.9. The molecule has 0 saturated heterocycles. The van der Waals surface area contributed by atoms with E-state index >= 15 is 0 Å². The summed E-state index contributed by atoms with van der Waals surface area (Å²) >= 11 is 11.9. The van der Waals surface area contributed by atoms with Crippen molar-refractivity contribution in [2.75, 3.05) is 5.32 Å². The summed E-state index contributed by atoms with van der Waals surface area (Å²) in [6.45, 7) is 5.09. The van der Waals surface area contributed by atoms with Crippen LogP contribution in [0.4, 0.5) is 5.69 Å². The lowest BCUT2D eigenvalue weighted by molar-refractivity contribution is -0.154. The fourth-order valence-corrected chi connectivity index (χ4v) is 2.43. The third-order valence-corrected chi connectivity index (χ3v) is 4.09. The molecule has 6 nitrogen and oxygen atoms in total. The van der Waals surface area contributed by atoms with E-state index in [0.29, 0.717) is 10.7 Å². The smallest absolute Gasteiger partial charge is 0.328 e. The van der Waals surface area contributed by atoms with Crippen LogP contribution in [0.15, 0.2) is 24.3 Å². The third kappa shape index (κ3) is 4.49. The second-order valence-corrected chi connectivity index (χ2v) is 6.09. The van der Waals surface area contributed by atoms with Crippen molar-refractivity contribution in [2.45, 2.75) is 33.4 Å². The Kier molecular flexibility index (Phi) is 5.85. The molecule has 1 unspecified atom stereocenters. The molecule has 0 aliphatic rings. The zero-order valence-corrected chi connectivity index (χ0v) is 15.0. The summed E-state index contributed by atoms with van der Waals surface area (Å²) in [5.41, 5.74) is 2.00. The molecule has 2 rings (SSSR count). The molecule has 1 amide bonds. The van der Waals surface area contributed by atoms with Crippen molar-refractivity contribution in [1.29, 1.82) is 0 Å². The first-order chi connectivity index (χ1) is 11.3. The maximum Gasteiger partial charge on any atom is 0.328 e. The molecular formula is C16H17Cl2N3O3. The first kappa shape index (κ1) is 18.3. The Balaban J connectivity index is 1.94. The number of esters is 1. The number of amides is 1. The van der Waals surface area contributed by atoms with Gasteiger partial charge in [-0.25, -0.2) is 0 Å². The number of aryl methyl sites for hydroxylation is 2. The van der Waals surface area contributed by atoms with Gasteiger partial charge in [-0.05, 0) is 39.0 Å². The van der Waals surface area contributed by atoms with Gasteiger partial charge in [-0.2, -0.15) is 5.10 Å². The first-order valence-electron chi connectivity index (χ1n) is 7.23. The van der Waals surface area contributed by atoms with Crippen LogP contribution in [-0.2, 0) is 20.9 Å². The zero-order valence-electron chi connectivity index (χ0n) is 13.5. The van der Waals surface area contributed by atoms with Crippen LogP contribution in [0.5, 0.6) is 0 Å². The Morgan fingerprint density at radius 3 is 2.67 bits per heavy atom. The highest BCUT2D eigenvalue weighted by Crippen LogP contribution is 2.29. The predicted molar refractivity (Wildman–Crippen MR) is 92.3 cm³/mol. The summed E-state index contributed by atoms with van der Waals surface area (Å²) in [4.78, 5) is 24.1. The topological polar surface area (TPSA) is 73.2 Å². The number of ether oxygens (including phenoxy) is 1. The maximum absolute atomic E-state index is 12.1. The van der Waals surface area contributed by atoms with Crippen LogP contribution in [0.25, 0.3) is 0 Å². The normalized spacial score (nSPS) is 11.9. The number of carbonyl (C=O) groups excluding carboxylic acids is 2. The minimum absolute atomic E-state index is 0.0603. The Morgan fingerprint density at radius 2 is 2.04 bits per heavy atom. The molecule has 1 aromatic heterocycles. The van der Waals surface area contributed by atoms with Crippen LogP contribution in [0.1, 0.15) is 18.3 Å². The van der Waals surface area contributed by atoms with Gasteiger partial charge in [0.15, 0.2) is 6.10 Å². The van der Waals surface area contributed by atoms with Crippen molar-refractivity contribution < 1.29 is 14.3 Å². The molecule has 2 aromatic rings. The molecule has 0 spiro atoms. The number of rotatable bonds is 5. The van der Waals surface area contributed by atoms with Crippen molar-refractivity contribution in [3.05, 3.63) is 45.7 Å². The number of aromatic nitrogens is 2. The number of nitrogens with zero attached hydrogens (tertiary/aromatic N) is 2. The van der Waals surface area contributed by atoms with Crippen LogP contribution < -0.4 is 5.32 Å². The summed E-state index contributed by atoms with van der Waals surface area (Å²) in [6.07, 6.45) is -0.982. The van der Waals surface area contributed by atoms with Gasteiger partial charge in [0.2, 0.25) is 0 Å². The summed E-state index contributed by atoms with van der Waals surface area (Å²) in [5, 5.41) is 7.31. The number of anilines is 1. The average molecular weight is 370 g/mol. The fraction of sp³-hybridized carbons (Fsp3) is 0.312. The molecule has 0 bridgehead atoms. The molecule has 0 aliphatic heterocycles. The number of hydrogen-bond donors (Lipinski definition) is 1. The number of carbonyl (C=O) groups is 2. The van der Waals surface area contributed by atoms with E-state index in [9.17, 15) is 9.59 Å². The van der Waals surface area contributed by atoms with E-state index in [4.69, 9.17) is 27.9 Å². The molecular weight excluding hydrogens is 353 g/mol. The highest BCUT2D eigenvalue weighted by molar-refractivity contribution is 6.44. The van der Waals surface area contributed by atoms with E-state index in [-0.39, 0.29) is 11.6 Å². The van der Waals surface area contributed by atoms with Crippen molar-refractivity contribution >= 4 is 40.8 Å². The molecule has 0 radical (unpaired) electrons. The van der Waals surface area contributed by atoms with Gasteiger partial charge in [0, 0.05) is 5.69 Å². The van der Waals surface area contributed by atoms with Gasteiger partial charge in [0.25, 0.3) is 5.91 Å². The highest BCUT2D eigenvalue weighted by Gasteiger charge is 2.20. The molecule has 8 heteroatoms. The summed E-state index contributed by atoms with van der Waals surface area (Å²) in [6, 6.07) is 6.72. The summed E-state index contributed by atoms with van der Waals surface area (Å²) in [7, 11) is 0. The summed E-state index contributed by atoms with van der Waals surface area (Å²) in [5.74, 6) is -1.05. The van der Waals surface area contributed by atoms with Gasteiger partial charge in [0.05, 0.1) is 21.4 Å².